The van der Waals surface area contributed by atoms with E-state index in [1.807, 2.05) is 0 Å². The van der Waals surface area contributed by atoms with Crippen LogP contribution in [0, 0.1) is 0 Å². The van der Waals surface area contributed by atoms with Gasteiger partial charge in [0.05, 0.1) is 11.8 Å². The van der Waals surface area contributed by atoms with Crippen molar-refractivity contribution in [2.45, 2.75) is 0 Å². The van der Waals surface area contributed by atoms with Gasteiger partial charge in [-0.15, -0.1) is 0 Å². The lowest BCUT2D eigenvalue weighted by Gasteiger charge is -1.81. The number of hydrogen-bond acceptors (Lipinski definition) is 4. The molecule has 2 aromatic heterocycles. The van der Waals surface area contributed by atoms with Crippen LogP contribution < -0.4 is 5.73 Å². The molecule has 0 aliphatic heterocycles. The van der Waals surface area contributed by atoms with Gasteiger partial charge in [-0.25, -0.2) is 0 Å². The highest BCUT2D eigenvalue weighted by molar-refractivity contribution is 5.57. The minimum absolute atomic E-state index is 0.376. The standard InChI is InChI=1S/C7H6N2O2/c8-7-3-6(11-9-7)5-1-2-10-4-5/h1-4H,(H2,8,9). The smallest absolute Gasteiger partial charge is 0.172 e. The van der Waals surface area contributed by atoms with Gasteiger partial charge in [-0.05, 0) is 6.07 Å². The van der Waals surface area contributed by atoms with E-state index in [4.69, 9.17) is 14.7 Å². The third-order valence-corrected chi connectivity index (χ3v) is 1.33. The first-order chi connectivity index (χ1) is 5.36. The molecule has 0 aromatic carbocycles. The van der Waals surface area contributed by atoms with E-state index in [0.717, 1.165) is 5.56 Å². The average Bonchev–Trinajstić information content (AvgIpc) is 2.55. The van der Waals surface area contributed by atoms with E-state index in [1.165, 1.54) is 0 Å². The second-order valence-corrected chi connectivity index (χ2v) is 2.13. The van der Waals surface area contributed by atoms with Crippen molar-refractivity contribution >= 4 is 5.82 Å². The molecule has 0 aliphatic carbocycles. The summed E-state index contributed by atoms with van der Waals surface area (Å²) < 4.78 is 9.72. The zero-order valence-corrected chi connectivity index (χ0v) is 5.65. The summed E-state index contributed by atoms with van der Waals surface area (Å²) in [7, 11) is 0. The molecule has 0 bridgehead atoms. The fourth-order valence-electron chi connectivity index (χ4n) is 0.830. The van der Waals surface area contributed by atoms with Crippen LogP contribution in [0.15, 0.2) is 33.6 Å². The summed E-state index contributed by atoms with van der Waals surface area (Å²) in [6.45, 7) is 0. The normalized spacial score (nSPS) is 10.2. The molecule has 2 rings (SSSR count). The first-order valence-electron chi connectivity index (χ1n) is 3.11. The van der Waals surface area contributed by atoms with Crippen LogP contribution in [0.1, 0.15) is 0 Å². The van der Waals surface area contributed by atoms with E-state index >= 15 is 0 Å². The molecular weight excluding hydrogens is 144 g/mol. The van der Waals surface area contributed by atoms with Crippen LogP contribution in [0.25, 0.3) is 11.3 Å². The maximum Gasteiger partial charge on any atom is 0.172 e. The fraction of sp³-hybridized carbons (Fsp3) is 0. The van der Waals surface area contributed by atoms with Crippen molar-refractivity contribution in [3.05, 3.63) is 24.7 Å². The van der Waals surface area contributed by atoms with Crippen LogP contribution in [0.5, 0.6) is 0 Å². The maximum atomic E-state index is 5.35. The van der Waals surface area contributed by atoms with Crippen molar-refractivity contribution in [1.29, 1.82) is 0 Å². The van der Waals surface area contributed by atoms with E-state index in [-0.39, 0.29) is 0 Å². The van der Waals surface area contributed by atoms with Crippen molar-refractivity contribution in [3.63, 3.8) is 0 Å². The van der Waals surface area contributed by atoms with Gasteiger partial charge in [0, 0.05) is 6.07 Å². The Balaban J connectivity index is 2.45. The molecule has 0 saturated carbocycles. The van der Waals surface area contributed by atoms with Gasteiger partial charge >= 0.3 is 0 Å². The molecule has 0 fully saturated rings. The quantitative estimate of drug-likeness (QED) is 0.669. The number of nitrogens with two attached hydrogens (primary N) is 1. The van der Waals surface area contributed by atoms with Gasteiger partial charge < -0.3 is 14.7 Å². The molecule has 56 valence electrons. The molecule has 0 amide bonds. The highest BCUT2D eigenvalue weighted by Gasteiger charge is 2.04. The van der Waals surface area contributed by atoms with Crippen molar-refractivity contribution in [2.75, 3.05) is 5.73 Å². The summed E-state index contributed by atoms with van der Waals surface area (Å²) >= 11 is 0. The van der Waals surface area contributed by atoms with Crippen LogP contribution in [-0.4, -0.2) is 5.16 Å². The second kappa shape index (κ2) is 2.16. The van der Waals surface area contributed by atoms with Crippen LogP contribution in [0.4, 0.5) is 5.82 Å². The summed E-state index contributed by atoms with van der Waals surface area (Å²) in [6, 6.07) is 3.42. The van der Waals surface area contributed by atoms with E-state index < -0.39 is 0 Å². The van der Waals surface area contributed by atoms with Crippen molar-refractivity contribution in [2.24, 2.45) is 0 Å². The molecule has 11 heavy (non-hydrogen) atoms. The van der Waals surface area contributed by atoms with Gasteiger partial charge in [0.1, 0.15) is 6.26 Å². The van der Waals surface area contributed by atoms with Crippen LogP contribution in [0.2, 0.25) is 0 Å². The molecule has 0 saturated heterocycles. The highest BCUT2D eigenvalue weighted by Crippen LogP contribution is 2.20. The summed E-state index contributed by atoms with van der Waals surface area (Å²) in [5, 5.41) is 3.53. The zero-order valence-electron chi connectivity index (χ0n) is 5.65. The predicted octanol–water partition coefficient (Wildman–Crippen LogP) is 1.52. The Morgan fingerprint density at radius 2 is 2.36 bits per heavy atom. The van der Waals surface area contributed by atoms with E-state index in [9.17, 15) is 0 Å². The Hall–Kier alpha value is -1.71. The first-order valence-corrected chi connectivity index (χ1v) is 3.11. The fourth-order valence-corrected chi connectivity index (χ4v) is 0.830. The number of hydrogen-bond donors (Lipinski definition) is 1. The molecule has 2 N–H and O–H groups in total. The minimum Gasteiger partial charge on any atom is -0.472 e. The van der Waals surface area contributed by atoms with E-state index in [0.29, 0.717) is 11.6 Å². The maximum absolute atomic E-state index is 5.35. The van der Waals surface area contributed by atoms with E-state index in [2.05, 4.69) is 5.16 Å². The first kappa shape index (κ1) is 6.03. The van der Waals surface area contributed by atoms with Crippen molar-refractivity contribution < 1.29 is 8.94 Å². The van der Waals surface area contributed by atoms with Gasteiger partial charge in [0.15, 0.2) is 11.6 Å². The van der Waals surface area contributed by atoms with E-state index in [1.54, 1.807) is 24.7 Å². The third kappa shape index (κ3) is 0.980. The number of aromatic nitrogens is 1. The van der Waals surface area contributed by atoms with Gasteiger partial charge in [-0.3, -0.25) is 0 Å². The lowest BCUT2D eigenvalue weighted by atomic mass is 10.3. The number of rotatable bonds is 1. The molecule has 0 aliphatic rings. The van der Waals surface area contributed by atoms with Crippen LogP contribution >= 0.6 is 0 Å². The Bertz CT molecular complexity index is 337. The SMILES string of the molecule is Nc1cc(-c2ccoc2)on1. The minimum atomic E-state index is 0.376. The largest absolute Gasteiger partial charge is 0.472 e. The highest BCUT2D eigenvalue weighted by atomic mass is 16.5. The van der Waals surface area contributed by atoms with Crippen molar-refractivity contribution in [1.82, 2.24) is 5.16 Å². The molecule has 4 nitrogen and oxygen atoms in total. The van der Waals surface area contributed by atoms with Crippen molar-refractivity contribution in [3.8, 4) is 11.3 Å². The monoisotopic (exact) mass is 150 g/mol. The molecular formula is C7H6N2O2. The molecule has 0 atom stereocenters. The summed E-state index contributed by atoms with van der Waals surface area (Å²) in [5.41, 5.74) is 6.19. The Morgan fingerprint density at radius 1 is 1.45 bits per heavy atom. The third-order valence-electron chi connectivity index (χ3n) is 1.33. The number of furan rings is 1. The van der Waals surface area contributed by atoms with Gasteiger partial charge in [0.2, 0.25) is 0 Å². The molecule has 0 spiro atoms. The predicted molar refractivity (Wildman–Crippen MR) is 38.6 cm³/mol. The molecule has 4 heteroatoms. The summed E-state index contributed by atoms with van der Waals surface area (Å²) in [5.74, 6) is 0.998. The summed E-state index contributed by atoms with van der Waals surface area (Å²) in [4.78, 5) is 0. The Morgan fingerprint density at radius 3 is 2.91 bits per heavy atom. The Kier molecular flexibility index (Phi) is 1.18. The lowest BCUT2D eigenvalue weighted by molar-refractivity contribution is 0.435. The topological polar surface area (TPSA) is 65.2 Å². The van der Waals surface area contributed by atoms with Crippen LogP contribution in [0.3, 0.4) is 0 Å². The van der Waals surface area contributed by atoms with Crippen LogP contribution in [-0.2, 0) is 0 Å². The molecule has 0 radical (unpaired) electrons. The number of anilines is 1. The number of nitrogens with zero attached hydrogens (tertiary/aromatic N) is 1. The molecule has 0 unspecified atom stereocenters. The average molecular weight is 150 g/mol. The summed E-state index contributed by atoms with van der Waals surface area (Å²) in [6.07, 6.45) is 3.13. The lowest BCUT2D eigenvalue weighted by Crippen LogP contribution is -1.79. The van der Waals surface area contributed by atoms with Gasteiger partial charge in [-0.2, -0.15) is 0 Å². The molecule has 2 heterocycles. The molecule has 2 aromatic rings. The Labute approximate surface area is 62.6 Å². The van der Waals surface area contributed by atoms with Gasteiger partial charge in [0.25, 0.3) is 0 Å². The number of nitrogen functional groups attached to an aromatic ring is 1. The zero-order chi connectivity index (χ0) is 7.68. The second-order valence-electron chi connectivity index (χ2n) is 2.13. The van der Waals surface area contributed by atoms with Gasteiger partial charge in [-0.1, -0.05) is 5.16 Å².